The molecule has 4 heteroatoms. The molecule has 0 radical (unpaired) electrons. The second-order valence-electron chi connectivity index (χ2n) is 24.3. The molecule has 0 aromatic carbocycles. The number of unbranched alkanes of at least 4 members (excludes halogenated alkanes) is 57. The van der Waals surface area contributed by atoms with E-state index in [1.54, 1.807) is 6.08 Å². The molecule has 0 saturated heterocycles. The average Bonchev–Trinajstić information content (AvgIpc) is 3.41. The Kier molecular flexibility index (Phi) is 66.1. The van der Waals surface area contributed by atoms with Crippen LogP contribution in [0.5, 0.6) is 0 Å². The fraction of sp³-hybridized carbons (Fsp3) is 0.930. The zero-order valence-corrected chi connectivity index (χ0v) is 51.6. The van der Waals surface area contributed by atoms with Gasteiger partial charge in [0.1, 0.15) is 0 Å². The van der Waals surface area contributed by atoms with Crippen molar-refractivity contribution in [3.8, 4) is 0 Å². The van der Waals surface area contributed by atoms with Gasteiger partial charge in [0.2, 0.25) is 5.91 Å². The summed E-state index contributed by atoms with van der Waals surface area (Å²) in [7, 11) is 0. The molecule has 0 heterocycles. The van der Waals surface area contributed by atoms with E-state index < -0.39 is 12.1 Å². The molecular weight excluding hydrogens is 915 g/mol. The Balaban J connectivity index is 3.42. The van der Waals surface area contributed by atoms with E-state index in [-0.39, 0.29) is 12.5 Å². The second kappa shape index (κ2) is 67.1. The Bertz CT molecular complexity index is 1100. The van der Waals surface area contributed by atoms with E-state index >= 15 is 0 Å². The number of aliphatic hydroxyl groups excluding tert-OH is 2. The molecule has 446 valence electrons. The first-order valence-corrected chi connectivity index (χ1v) is 35.1. The Morgan fingerprint density at radius 1 is 0.307 bits per heavy atom. The lowest BCUT2D eigenvalue weighted by molar-refractivity contribution is -0.123. The number of nitrogens with one attached hydrogen (secondary N) is 1. The SMILES string of the molecule is CCCCCCCCCCCCCCCCCCCCCCCCC/C=C/CC/C=C/C(O)C(CO)NC(=O)CCCCCCCCCCCCCCCCCCCCCCCCCCCCCCCCCCCC. The summed E-state index contributed by atoms with van der Waals surface area (Å²) in [5.74, 6) is -0.0640. The molecule has 0 aliphatic rings. The van der Waals surface area contributed by atoms with Crippen molar-refractivity contribution in [2.45, 2.75) is 418 Å². The zero-order valence-electron chi connectivity index (χ0n) is 51.6. The summed E-state index contributed by atoms with van der Waals surface area (Å²) >= 11 is 0. The first kappa shape index (κ1) is 73.9. The third-order valence-electron chi connectivity index (χ3n) is 16.7. The number of carbonyl (C=O) groups is 1. The Morgan fingerprint density at radius 2 is 0.520 bits per heavy atom. The van der Waals surface area contributed by atoms with Gasteiger partial charge in [0.05, 0.1) is 18.8 Å². The molecule has 2 unspecified atom stereocenters. The third kappa shape index (κ3) is 63.6. The van der Waals surface area contributed by atoms with Gasteiger partial charge in [-0.05, 0) is 32.1 Å². The monoisotopic (exact) mass is 1050 g/mol. The molecule has 0 aliphatic carbocycles. The van der Waals surface area contributed by atoms with Gasteiger partial charge in [-0.1, -0.05) is 391 Å². The van der Waals surface area contributed by atoms with Gasteiger partial charge in [0, 0.05) is 6.42 Å². The van der Waals surface area contributed by atoms with E-state index in [2.05, 4.69) is 31.3 Å². The van der Waals surface area contributed by atoms with Gasteiger partial charge < -0.3 is 15.5 Å². The van der Waals surface area contributed by atoms with Crippen LogP contribution in [0.15, 0.2) is 24.3 Å². The molecule has 75 heavy (non-hydrogen) atoms. The zero-order chi connectivity index (χ0) is 54.1. The van der Waals surface area contributed by atoms with Crippen molar-refractivity contribution >= 4 is 5.91 Å². The first-order valence-electron chi connectivity index (χ1n) is 35.1. The summed E-state index contributed by atoms with van der Waals surface area (Å²) in [6.07, 6.45) is 91.4. The molecule has 0 fully saturated rings. The Labute approximate surface area is 472 Å². The van der Waals surface area contributed by atoms with Crippen LogP contribution in [0.4, 0.5) is 0 Å². The van der Waals surface area contributed by atoms with Gasteiger partial charge in [-0.15, -0.1) is 0 Å². The highest BCUT2D eigenvalue weighted by molar-refractivity contribution is 5.76. The van der Waals surface area contributed by atoms with E-state index in [0.29, 0.717) is 6.42 Å². The van der Waals surface area contributed by atoms with Crippen LogP contribution in [0.1, 0.15) is 406 Å². The fourth-order valence-corrected chi connectivity index (χ4v) is 11.4. The number of hydrogen-bond donors (Lipinski definition) is 3. The van der Waals surface area contributed by atoms with Crippen molar-refractivity contribution < 1.29 is 15.0 Å². The van der Waals surface area contributed by atoms with Crippen molar-refractivity contribution in [1.29, 1.82) is 0 Å². The molecule has 3 N–H and O–H groups in total. The molecule has 0 aromatic heterocycles. The van der Waals surface area contributed by atoms with Crippen molar-refractivity contribution in [3.63, 3.8) is 0 Å². The van der Waals surface area contributed by atoms with Gasteiger partial charge in [0.15, 0.2) is 0 Å². The molecule has 0 aliphatic heterocycles. The van der Waals surface area contributed by atoms with Crippen LogP contribution in [0.25, 0.3) is 0 Å². The maximum Gasteiger partial charge on any atom is 0.220 e. The normalized spacial score (nSPS) is 12.7. The maximum atomic E-state index is 12.5. The van der Waals surface area contributed by atoms with Crippen molar-refractivity contribution in [2.75, 3.05) is 6.61 Å². The van der Waals surface area contributed by atoms with Gasteiger partial charge in [-0.2, -0.15) is 0 Å². The minimum absolute atomic E-state index is 0.0640. The average molecular weight is 1050 g/mol. The highest BCUT2D eigenvalue weighted by atomic mass is 16.3. The molecule has 2 atom stereocenters. The summed E-state index contributed by atoms with van der Waals surface area (Å²) in [4.78, 5) is 12.5. The molecule has 4 nitrogen and oxygen atoms in total. The van der Waals surface area contributed by atoms with Crippen LogP contribution < -0.4 is 5.32 Å². The predicted molar refractivity (Wildman–Crippen MR) is 336 cm³/mol. The van der Waals surface area contributed by atoms with E-state index in [4.69, 9.17) is 0 Å². The van der Waals surface area contributed by atoms with E-state index in [1.165, 1.54) is 353 Å². The van der Waals surface area contributed by atoms with E-state index in [9.17, 15) is 15.0 Å². The number of hydrogen-bond acceptors (Lipinski definition) is 3. The van der Waals surface area contributed by atoms with E-state index in [1.807, 2.05) is 6.08 Å². The maximum absolute atomic E-state index is 12.5. The molecule has 0 aromatic rings. The van der Waals surface area contributed by atoms with E-state index in [0.717, 1.165) is 32.1 Å². The van der Waals surface area contributed by atoms with Crippen LogP contribution in [0.2, 0.25) is 0 Å². The number of allylic oxidation sites excluding steroid dienone is 3. The van der Waals surface area contributed by atoms with Crippen LogP contribution in [-0.2, 0) is 4.79 Å². The minimum atomic E-state index is -0.861. The summed E-state index contributed by atoms with van der Waals surface area (Å²) < 4.78 is 0. The topological polar surface area (TPSA) is 69.6 Å². The summed E-state index contributed by atoms with van der Waals surface area (Å²) in [6.45, 7) is 4.35. The predicted octanol–water partition coefficient (Wildman–Crippen LogP) is 23.8. The first-order chi connectivity index (χ1) is 37.2. The lowest BCUT2D eigenvalue weighted by atomic mass is 10.0. The molecule has 1 amide bonds. The summed E-state index contributed by atoms with van der Waals surface area (Å²) in [5, 5.41) is 23.3. The molecule has 0 spiro atoms. The number of aliphatic hydroxyl groups is 2. The number of carbonyl (C=O) groups excluding carboxylic acids is 1. The van der Waals surface area contributed by atoms with Crippen LogP contribution >= 0.6 is 0 Å². The van der Waals surface area contributed by atoms with Crippen molar-refractivity contribution in [2.24, 2.45) is 0 Å². The van der Waals surface area contributed by atoms with Gasteiger partial charge in [-0.3, -0.25) is 4.79 Å². The molecule has 0 rings (SSSR count). The van der Waals surface area contributed by atoms with Gasteiger partial charge in [-0.25, -0.2) is 0 Å². The smallest absolute Gasteiger partial charge is 0.220 e. The number of amides is 1. The van der Waals surface area contributed by atoms with Crippen LogP contribution in [0, 0.1) is 0 Å². The second-order valence-corrected chi connectivity index (χ2v) is 24.3. The lowest BCUT2D eigenvalue weighted by Gasteiger charge is -2.19. The Morgan fingerprint density at radius 3 is 0.773 bits per heavy atom. The quantitative estimate of drug-likeness (QED) is 0.0420. The number of rotatable bonds is 66. The van der Waals surface area contributed by atoms with Crippen LogP contribution in [0.3, 0.4) is 0 Å². The largest absolute Gasteiger partial charge is 0.394 e. The van der Waals surface area contributed by atoms with Crippen molar-refractivity contribution in [3.05, 3.63) is 24.3 Å². The highest BCUT2D eigenvalue weighted by Crippen LogP contribution is 2.19. The fourth-order valence-electron chi connectivity index (χ4n) is 11.4. The lowest BCUT2D eigenvalue weighted by Crippen LogP contribution is -2.45. The highest BCUT2D eigenvalue weighted by Gasteiger charge is 2.18. The molecule has 0 bridgehead atoms. The Hall–Kier alpha value is -1.13. The molecule has 0 saturated carbocycles. The van der Waals surface area contributed by atoms with Crippen molar-refractivity contribution in [1.82, 2.24) is 5.32 Å². The summed E-state index contributed by atoms with van der Waals surface area (Å²) in [5.41, 5.74) is 0. The molecular formula is C71H139NO3. The standard InChI is InChI=1S/C71H139NO3/c1-3-5-7-9-11-13-15-17-19-21-23-25-27-29-31-33-34-35-36-37-39-41-43-45-47-49-51-53-55-57-59-61-63-65-67-71(75)72-69(68-73)70(74)66-64-62-60-58-56-54-52-50-48-46-44-42-40-38-32-30-28-26-24-22-20-18-16-14-12-10-8-6-4-2/h56,58,64,66,69-70,73-74H,3-55,57,59-63,65,67-68H2,1-2H3,(H,72,75)/b58-56+,66-64+. The third-order valence-corrected chi connectivity index (χ3v) is 16.7. The minimum Gasteiger partial charge on any atom is -0.394 e. The van der Waals surface area contributed by atoms with Crippen LogP contribution in [-0.4, -0.2) is 34.9 Å². The van der Waals surface area contributed by atoms with Gasteiger partial charge >= 0.3 is 0 Å². The van der Waals surface area contributed by atoms with Gasteiger partial charge in [0.25, 0.3) is 0 Å². The summed E-state index contributed by atoms with van der Waals surface area (Å²) in [6, 6.07) is -0.638.